The van der Waals surface area contributed by atoms with E-state index in [-0.39, 0.29) is 11.9 Å². The van der Waals surface area contributed by atoms with Crippen LogP contribution in [0.5, 0.6) is 0 Å². The monoisotopic (exact) mass is 333 g/mol. The molecule has 0 aliphatic carbocycles. The summed E-state index contributed by atoms with van der Waals surface area (Å²) < 4.78 is 5.53. The third kappa shape index (κ3) is 5.04. The number of likely N-dealkylation sites (N-methyl/N-ethyl adjacent to an activating group) is 1. The minimum absolute atomic E-state index is 0.0406. The lowest BCUT2D eigenvalue weighted by atomic mass is 10.2. The minimum atomic E-state index is -0.126. The second kappa shape index (κ2) is 8.64. The maximum absolute atomic E-state index is 12.0. The van der Waals surface area contributed by atoms with Gasteiger partial charge < -0.3 is 9.73 Å². The fourth-order valence-corrected chi connectivity index (χ4v) is 3.01. The van der Waals surface area contributed by atoms with E-state index < -0.39 is 0 Å². The van der Waals surface area contributed by atoms with Gasteiger partial charge in [-0.25, -0.2) is 4.98 Å². The SMILES string of the molecule is CCN(CC)[C@H](CNC(=O)/C=C/c1csc(C)n1)c1ccco1. The Balaban J connectivity index is 1.95. The predicted molar refractivity (Wildman–Crippen MR) is 93.3 cm³/mol. The van der Waals surface area contributed by atoms with E-state index in [1.54, 1.807) is 23.7 Å². The number of hydrogen-bond donors (Lipinski definition) is 1. The second-order valence-electron chi connectivity index (χ2n) is 5.12. The highest BCUT2D eigenvalue weighted by molar-refractivity contribution is 7.09. The summed E-state index contributed by atoms with van der Waals surface area (Å²) in [7, 11) is 0. The molecule has 2 rings (SSSR count). The fraction of sp³-hybridized carbons (Fsp3) is 0.412. The Morgan fingerprint density at radius 2 is 2.26 bits per heavy atom. The van der Waals surface area contributed by atoms with Crippen molar-refractivity contribution in [3.05, 3.63) is 46.3 Å². The summed E-state index contributed by atoms with van der Waals surface area (Å²) in [6.45, 7) is 8.45. The van der Waals surface area contributed by atoms with Crippen molar-refractivity contribution < 1.29 is 9.21 Å². The van der Waals surface area contributed by atoms with Crippen LogP contribution in [0.3, 0.4) is 0 Å². The van der Waals surface area contributed by atoms with Gasteiger partial charge >= 0.3 is 0 Å². The number of carbonyl (C=O) groups is 1. The van der Waals surface area contributed by atoms with Gasteiger partial charge in [-0.3, -0.25) is 9.69 Å². The van der Waals surface area contributed by atoms with Crippen LogP contribution in [0.1, 0.15) is 36.4 Å². The summed E-state index contributed by atoms with van der Waals surface area (Å²) in [4.78, 5) is 18.6. The van der Waals surface area contributed by atoms with Gasteiger partial charge in [-0.05, 0) is 38.2 Å². The molecule has 0 saturated carbocycles. The lowest BCUT2D eigenvalue weighted by molar-refractivity contribution is -0.116. The third-order valence-electron chi connectivity index (χ3n) is 3.64. The van der Waals surface area contributed by atoms with Crippen LogP contribution in [0.15, 0.2) is 34.3 Å². The lowest BCUT2D eigenvalue weighted by Crippen LogP contribution is -2.37. The van der Waals surface area contributed by atoms with Crippen molar-refractivity contribution in [2.45, 2.75) is 26.8 Å². The number of nitrogens with zero attached hydrogens (tertiary/aromatic N) is 2. The molecule has 1 amide bonds. The number of carbonyl (C=O) groups excluding carboxylic acids is 1. The molecule has 23 heavy (non-hydrogen) atoms. The van der Waals surface area contributed by atoms with Gasteiger partial charge in [0.05, 0.1) is 23.0 Å². The van der Waals surface area contributed by atoms with Crippen LogP contribution in [0.4, 0.5) is 0 Å². The molecule has 0 aromatic carbocycles. The highest BCUT2D eigenvalue weighted by Crippen LogP contribution is 2.20. The van der Waals surface area contributed by atoms with E-state index in [9.17, 15) is 4.79 Å². The van der Waals surface area contributed by atoms with Crippen molar-refractivity contribution >= 4 is 23.3 Å². The Kier molecular flexibility index (Phi) is 6.55. The number of aryl methyl sites for hydroxylation is 1. The van der Waals surface area contributed by atoms with E-state index in [0.29, 0.717) is 6.54 Å². The van der Waals surface area contributed by atoms with Crippen LogP contribution in [-0.2, 0) is 4.79 Å². The third-order valence-corrected chi connectivity index (χ3v) is 4.43. The minimum Gasteiger partial charge on any atom is -0.468 e. The smallest absolute Gasteiger partial charge is 0.244 e. The molecular weight excluding hydrogens is 310 g/mol. The van der Waals surface area contributed by atoms with Crippen LogP contribution in [0.2, 0.25) is 0 Å². The van der Waals surface area contributed by atoms with Gasteiger partial charge in [0.15, 0.2) is 0 Å². The van der Waals surface area contributed by atoms with Gasteiger partial charge in [0.25, 0.3) is 0 Å². The molecule has 1 N–H and O–H groups in total. The zero-order valence-corrected chi connectivity index (χ0v) is 14.6. The summed E-state index contributed by atoms with van der Waals surface area (Å²) in [5, 5.41) is 5.87. The largest absolute Gasteiger partial charge is 0.468 e. The molecule has 0 saturated heterocycles. The van der Waals surface area contributed by atoms with Gasteiger partial charge in [0.2, 0.25) is 5.91 Å². The molecule has 6 heteroatoms. The maximum Gasteiger partial charge on any atom is 0.244 e. The number of aromatic nitrogens is 1. The first-order chi connectivity index (χ1) is 11.1. The van der Waals surface area contributed by atoms with E-state index in [0.717, 1.165) is 29.6 Å². The van der Waals surface area contributed by atoms with Crippen LogP contribution >= 0.6 is 11.3 Å². The van der Waals surface area contributed by atoms with Gasteiger partial charge in [-0.1, -0.05) is 13.8 Å². The van der Waals surface area contributed by atoms with E-state index in [2.05, 4.69) is 29.0 Å². The number of furan rings is 1. The molecule has 124 valence electrons. The standard InChI is InChI=1S/C17H23N3O2S/c1-4-20(5-2)15(16-7-6-10-22-16)11-18-17(21)9-8-14-12-23-13(3)19-14/h6-10,12,15H,4-5,11H2,1-3H3,(H,18,21)/b9-8+/t15-/m1/s1. The zero-order chi connectivity index (χ0) is 16.7. The van der Waals surface area contributed by atoms with E-state index in [1.807, 2.05) is 24.4 Å². The van der Waals surface area contributed by atoms with Crippen LogP contribution in [0.25, 0.3) is 6.08 Å². The molecule has 0 aliphatic rings. The van der Waals surface area contributed by atoms with Crippen LogP contribution in [0, 0.1) is 6.92 Å². The highest BCUT2D eigenvalue weighted by Gasteiger charge is 2.20. The molecule has 0 radical (unpaired) electrons. The van der Waals surface area contributed by atoms with Crippen molar-refractivity contribution in [1.29, 1.82) is 0 Å². The van der Waals surface area contributed by atoms with Gasteiger partial charge in [0.1, 0.15) is 5.76 Å². The summed E-state index contributed by atoms with van der Waals surface area (Å²) in [5.41, 5.74) is 0.814. The molecule has 1 atom stereocenters. The fourth-order valence-electron chi connectivity index (χ4n) is 2.43. The summed E-state index contributed by atoms with van der Waals surface area (Å²) in [5.74, 6) is 0.743. The highest BCUT2D eigenvalue weighted by atomic mass is 32.1. The van der Waals surface area contributed by atoms with Crippen molar-refractivity contribution in [2.24, 2.45) is 0 Å². The summed E-state index contributed by atoms with van der Waals surface area (Å²) in [6, 6.07) is 3.86. The first-order valence-electron chi connectivity index (χ1n) is 7.79. The van der Waals surface area contributed by atoms with E-state index in [4.69, 9.17) is 4.42 Å². The Morgan fingerprint density at radius 3 is 2.83 bits per heavy atom. The first-order valence-corrected chi connectivity index (χ1v) is 8.67. The molecular formula is C17H23N3O2S. The Labute approximate surface area is 141 Å². The summed E-state index contributed by atoms with van der Waals surface area (Å²) in [6.07, 6.45) is 4.92. The van der Waals surface area contributed by atoms with Crippen LogP contribution in [-0.4, -0.2) is 35.4 Å². The normalized spacial score (nSPS) is 12.9. The number of rotatable bonds is 8. The Hall–Kier alpha value is -1.92. The van der Waals surface area contributed by atoms with Crippen molar-refractivity contribution in [3.63, 3.8) is 0 Å². The second-order valence-corrected chi connectivity index (χ2v) is 6.18. The molecule has 0 unspecified atom stereocenters. The molecule has 2 aromatic rings. The lowest BCUT2D eigenvalue weighted by Gasteiger charge is -2.28. The average Bonchev–Trinajstić information content (AvgIpc) is 3.21. The quantitative estimate of drug-likeness (QED) is 0.753. The van der Waals surface area contributed by atoms with Crippen molar-refractivity contribution in [2.75, 3.05) is 19.6 Å². The number of amides is 1. The van der Waals surface area contributed by atoms with Gasteiger partial charge in [0, 0.05) is 18.0 Å². The predicted octanol–water partition coefficient (Wildman–Crippen LogP) is 3.26. The van der Waals surface area contributed by atoms with Gasteiger partial charge in [-0.15, -0.1) is 11.3 Å². The van der Waals surface area contributed by atoms with Crippen molar-refractivity contribution in [3.8, 4) is 0 Å². The first kappa shape index (κ1) is 17.4. The molecule has 0 aliphatic heterocycles. The van der Waals surface area contributed by atoms with Crippen LogP contribution < -0.4 is 5.32 Å². The van der Waals surface area contributed by atoms with Crippen molar-refractivity contribution in [1.82, 2.24) is 15.2 Å². The van der Waals surface area contributed by atoms with E-state index >= 15 is 0 Å². The maximum atomic E-state index is 12.0. The average molecular weight is 333 g/mol. The number of thiazole rings is 1. The van der Waals surface area contributed by atoms with Gasteiger partial charge in [-0.2, -0.15) is 0 Å². The molecule has 0 spiro atoms. The Morgan fingerprint density at radius 1 is 1.48 bits per heavy atom. The number of nitrogens with one attached hydrogen (secondary N) is 1. The topological polar surface area (TPSA) is 58.4 Å². The zero-order valence-electron chi connectivity index (χ0n) is 13.8. The van der Waals surface area contributed by atoms with E-state index in [1.165, 1.54) is 6.08 Å². The number of hydrogen-bond acceptors (Lipinski definition) is 5. The Bertz CT molecular complexity index is 630. The molecule has 5 nitrogen and oxygen atoms in total. The molecule has 0 fully saturated rings. The molecule has 2 aromatic heterocycles. The molecule has 0 bridgehead atoms. The summed E-state index contributed by atoms with van der Waals surface area (Å²) >= 11 is 1.57. The molecule has 2 heterocycles.